The number of hydrogen-bond donors (Lipinski definition) is 0. The molecule has 1 aromatic rings. The van der Waals surface area contributed by atoms with Gasteiger partial charge in [0.15, 0.2) is 0 Å². The molecule has 0 aliphatic heterocycles. The summed E-state index contributed by atoms with van der Waals surface area (Å²) in [7, 11) is 0. The lowest BCUT2D eigenvalue weighted by Crippen LogP contribution is -2.35. The van der Waals surface area contributed by atoms with Crippen LogP contribution in [0.25, 0.3) is 0 Å². The molecule has 0 bridgehead atoms. The minimum atomic E-state index is -0.392. The van der Waals surface area contributed by atoms with Gasteiger partial charge in [-0.3, -0.25) is 0 Å². The van der Waals surface area contributed by atoms with Crippen LogP contribution in [-0.2, 0) is 4.74 Å². The minimum Gasteiger partial charge on any atom is -0.456 e. The molecule has 1 aliphatic rings. The Bertz CT molecular complexity index is 657. The van der Waals surface area contributed by atoms with E-state index >= 15 is 0 Å². The third-order valence-electron chi connectivity index (χ3n) is 6.89. The predicted octanol–water partition coefficient (Wildman–Crippen LogP) is 7.77. The van der Waals surface area contributed by atoms with E-state index in [9.17, 15) is 4.79 Å². The molecule has 0 saturated heterocycles. The van der Waals surface area contributed by atoms with E-state index in [1.54, 1.807) is 0 Å². The third kappa shape index (κ3) is 5.84. The van der Waals surface area contributed by atoms with E-state index in [1.807, 2.05) is 12.1 Å². The van der Waals surface area contributed by atoms with Crippen LogP contribution in [0.2, 0.25) is 0 Å². The molecule has 0 amide bonds. The monoisotopic (exact) mass is 386 g/mol. The molecule has 1 saturated carbocycles. The highest BCUT2D eigenvalue weighted by molar-refractivity contribution is 5.90. The fourth-order valence-corrected chi connectivity index (χ4v) is 4.59. The van der Waals surface area contributed by atoms with Gasteiger partial charge >= 0.3 is 5.97 Å². The number of carbonyl (C=O) groups excluding carboxylic acids is 1. The maximum atomic E-state index is 13.0. The van der Waals surface area contributed by atoms with Gasteiger partial charge in [0.1, 0.15) is 5.60 Å². The average molecular weight is 387 g/mol. The summed E-state index contributed by atoms with van der Waals surface area (Å²) < 4.78 is 6.02. The molecule has 1 aliphatic carbocycles. The summed E-state index contributed by atoms with van der Waals surface area (Å²) in [5.74, 6) is 0.711. The first kappa shape index (κ1) is 23.0. The Morgan fingerprint density at radius 2 is 1.68 bits per heavy atom. The van der Waals surface area contributed by atoms with Crippen molar-refractivity contribution in [3.63, 3.8) is 0 Å². The van der Waals surface area contributed by atoms with Crippen molar-refractivity contribution in [2.45, 2.75) is 105 Å². The highest BCUT2D eigenvalue weighted by atomic mass is 16.6. The van der Waals surface area contributed by atoms with E-state index in [0.29, 0.717) is 17.4 Å². The first-order valence-corrected chi connectivity index (χ1v) is 11.2. The SMILES string of the molecule is CCC(C)(C)C(CC(C)(C)C)c1cccc(C(=O)OC(C)(C)C2CCCC2)c1. The summed E-state index contributed by atoms with van der Waals surface area (Å²) in [4.78, 5) is 13.0. The zero-order valence-electron chi connectivity index (χ0n) is 19.5. The first-order valence-electron chi connectivity index (χ1n) is 11.2. The normalized spacial score (nSPS) is 17.6. The van der Waals surface area contributed by atoms with Crippen LogP contribution < -0.4 is 0 Å². The summed E-state index contributed by atoms with van der Waals surface area (Å²) in [6.07, 6.45) is 7.04. The number of hydrogen-bond acceptors (Lipinski definition) is 2. The van der Waals surface area contributed by atoms with Gasteiger partial charge in [0, 0.05) is 0 Å². The molecule has 1 unspecified atom stereocenters. The van der Waals surface area contributed by atoms with Crippen molar-refractivity contribution >= 4 is 5.97 Å². The van der Waals surface area contributed by atoms with Crippen LogP contribution in [0, 0.1) is 16.7 Å². The Kier molecular flexibility index (Phi) is 7.05. The molecule has 0 radical (unpaired) electrons. The second-order valence-corrected chi connectivity index (χ2v) is 11.3. The molecular weight excluding hydrogens is 344 g/mol. The van der Waals surface area contributed by atoms with Crippen molar-refractivity contribution < 1.29 is 9.53 Å². The smallest absolute Gasteiger partial charge is 0.338 e. The van der Waals surface area contributed by atoms with Gasteiger partial charge in [0.2, 0.25) is 0 Å². The van der Waals surface area contributed by atoms with Crippen molar-refractivity contribution in [2.24, 2.45) is 16.7 Å². The number of rotatable bonds is 7. The van der Waals surface area contributed by atoms with Gasteiger partial charge in [0.25, 0.3) is 0 Å². The lowest BCUT2D eigenvalue weighted by Gasteiger charge is -2.38. The van der Waals surface area contributed by atoms with Gasteiger partial charge in [-0.1, -0.05) is 72.9 Å². The van der Waals surface area contributed by atoms with E-state index in [-0.39, 0.29) is 16.8 Å². The molecule has 2 rings (SSSR count). The lowest BCUT2D eigenvalue weighted by atomic mass is 9.67. The number of carbonyl (C=O) groups is 1. The molecule has 1 aromatic carbocycles. The largest absolute Gasteiger partial charge is 0.456 e. The Labute approximate surface area is 173 Å². The van der Waals surface area contributed by atoms with E-state index in [1.165, 1.54) is 31.2 Å². The highest BCUT2D eigenvalue weighted by Crippen LogP contribution is 2.45. The van der Waals surface area contributed by atoms with Crippen LogP contribution in [0.3, 0.4) is 0 Å². The number of benzene rings is 1. The van der Waals surface area contributed by atoms with E-state index in [2.05, 4.69) is 67.5 Å². The second kappa shape index (κ2) is 8.59. The molecule has 28 heavy (non-hydrogen) atoms. The first-order chi connectivity index (χ1) is 12.9. The maximum absolute atomic E-state index is 13.0. The molecule has 0 spiro atoms. The van der Waals surface area contributed by atoms with Crippen LogP contribution in [0.4, 0.5) is 0 Å². The summed E-state index contributed by atoms with van der Waals surface area (Å²) in [5, 5.41) is 0. The predicted molar refractivity (Wildman–Crippen MR) is 119 cm³/mol. The zero-order chi connectivity index (χ0) is 21.2. The van der Waals surface area contributed by atoms with Gasteiger partial charge in [0.05, 0.1) is 5.56 Å². The standard InChI is InChI=1S/C26H42O2/c1-9-25(5,6)22(18-24(2,3)4)19-13-12-14-20(17-19)23(27)28-26(7,8)21-15-10-11-16-21/h12-14,17,21-22H,9-11,15-16,18H2,1-8H3. The van der Waals surface area contributed by atoms with Gasteiger partial charge in [-0.25, -0.2) is 4.79 Å². The molecule has 158 valence electrons. The minimum absolute atomic E-state index is 0.178. The topological polar surface area (TPSA) is 26.3 Å². The Morgan fingerprint density at radius 1 is 1.07 bits per heavy atom. The fraction of sp³-hybridized carbons (Fsp3) is 0.731. The molecule has 2 heteroatoms. The van der Waals surface area contributed by atoms with Crippen molar-refractivity contribution in [3.8, 4) is 0 Å². The van der Waals surface area contributed by atoms with Gasteiger partial charge in [-0.05, 0) is 73.5 Å². The van der Waals surface area contributed by atoms with Crippen molar-refractivity contribution in [1.29, 1.82) is 0 Å². The van der Waals surface area contributed by atoms with E-state index in [4.69, 9.17) is 4.74 Å². The molecule has 0 heterocycles. The van der Waals surface area contributed by atoms with Crippen LogP contribution in [0.5, 0.6) is 0 Å². The summed E-state index contributed by atoms with van der Waals surface area (Å²) in [5.41, 5.74) is 1.97. The highest BCUT2D eigenvalue weighted by Gasteiger charge is 2.36. The average Bonchev–Trinajstić information content (AvgIpc) is 3.14. The van der Waals surface area contributed by atoms with Crippen LogP contribution in [0.1, 0.15) is 116 Å². The van der Waals surface area contributed by atoms with Gasteiger partial charge in [-0.2, -0.15) is 0 Å². The van der Waals surface area contributed by atoms with E-state index in [0.717, 1.165) is 12.8 Å². The molecular formula is C26H42O2. The summed E-state index contributed by atoms with van der Waals surface area (Å²) in [6, 6.07) is 8.20. The van der Waals surface area contributed by atoms with Crippen molar-refractivity contribution in [1.82, 2.24) is 0 Å². The molecule has 2 nitrogen and oxygen atoms in total. The van der Waals surface area contributed by atoms with Gasteiger partial charge in [-0.15, -0.1) is 0 Å². The van der Waals surface area contributed by atoms with Crippen LogP contribution >= 0.6 is 0 Å². The van der Waals surface area contributed by atoms with Gasteiger partial charge < -0.3 is 4.74 Å². The third-order valence-corrected chi connectivity index (χ3v) is 6.89. The molecule has 1 atom stereocenters. The fourth-order valence-electron chi connectivity index (χ4n) is 4.59. The Hall–Kier alpha value is -1.31. The Balaban J connectivity index is 2.26. The van der Waals surface area contributed by atoms with Crippen molar-refractivity contribution in [2.75, 3.05) is 0 Å². The Morgan fingerprint density at radius 3 is 2.21 bits per heavy atom. The van der Waals surface area contributed by atoms with Crippen molar-refractivity contribution in [3.05, 3.63) is 35.4 Å². The second-order valence-electron chi connectivity index (χ2n) is 11.3. The number of ether oxygens (including phenoxy) is 1. The lowest BCUT2D eigenvalue weighted by molar-refractivity contribution is -0.0285. The van der Waals surface area contributed by atoms with Crippen LogP contribution in [-0.4, -0.2) is 11.6 Å². The summed E-state index contributed by atoms with van der Waals surface area (Å²) >= 11 is 0. The number of esters is 1. The zero-order valence-corrected chi connectivity index (χ0v) is 19.5. The molecule has 0 aromatic heterocycles. The van der Waals surface area contributed by atoms with E-state index < -0.39 is 5.60 Å². The molecule has 1 fully saturated rings. The molecule has 0 N–H and O–H groups in total. The quantitative estimate of drug-likeness (QED) is 0.447. The van der Waals surface area contributed by atoms with Crippen LogP contribution in [0.15, 0.2) is 24.3 Å². The maximum Gasteiger partial charge on any atom is 0.338 e. The summed E-state index contributed by atoms with van der Waals surface area (Å²) in [6.45, 7) is 18.0.